The molecule has 16 heavy (non-hydrogen) atoms. The molecule has 0 nitrogen and oxygen atoms in total. The standard InChI is InChI=1S/C16H26/c1-4-5-6-7-8-9-10-16-12-11-14(2)13-15(16)3/h11-13H,4-10H2,1-3H3. The van der Waals surface area contributed by atoms with E-state index in [9.17, 15) is 0 Å². The number of rotatable bonds is 7. The minimum atomic E-state index is 1.26. The van der Waals surface area contributed by atoms with Crippen molar-refractivity contribution in [1.29, 1.82) is 0 Å². The van der Waals surface area contributed by atoms with E-state index in [1.807, 2.05) is 0 Å². The molecule has 0 fully saturated rings. The molecule has 0 unspecified atom stereocenters. The van der Waals surface area contributed by atoms with Gasteiger partial charge in [0, 0.05) is 0 Å². The molecule has 0 amide bonds. The number of aryl methyl sites for hydroxylation is 3. The molecule has 0 aromatic heterocycles. The molecular weight excluding hydrogens is 192 g/mol. The highest BCUT2D eigenvalue weighted by Crippen LogP contribution is 2.14. The minimum Gasteiger partial charge on any atom is -0.0654 e. The van der Waals surface area contributed by atoms with Crippen molar-refractivity contribution in [2.24, 2.45) is 0 Å². The third kappa shape index (κ3) is 4.83. The van der Waals surface area contributed by atoms with Crippen LogP contribution < -0.4 is 0 Å². The second kappa shape index (κ2) is 7.49. The first-order valence-electron chi connectivity index (χ1n) is 6.80. The van der Waals surface area contributed by atoms with E-state index in [1.54, 1.807) is 5.56 Å². The zero-order chi connectivity index (χ0) is 11.8. The maximum Gasteiger partial charge on any atom is -0.0276 e. The fraction of sp³-hybridized carbons (Fsp3) is 0.625. The summed E-state index contributed by atoms with van der Waals surface area (Å²) in [6, 6.07) is 6.84. The van der Waals surface area contributed by atoms with E-state index in [0.29, 0.717) is 0 Å². The Kier molecular flexibility index (Phi) is 6.22. The van der Waals surface area contributed by atoms with Gasteiger partial charge in [0.1, 0.15) is 0 Å². The lowest BCUT2D eigenvalue weighted by Gasteiger charge is -2.06. The van der Waals surface area contributed by atoms with Crippen LogP contribution in [0.15, 0.2) is 18.2 Å². The van der Waals surface area contributed by atoms with Gasteiger partial charge in [0.05, 0.1) is 0 Å². The van der Waals surface area contributed by atoms with Gasteiger partial charge in [-0.3, -0.25) is 0 Å². The fourth-order valence-electron chi connectivity index (χ4n) is 2.22. The highest BCUT2D eigenvalue weighted by molar-refractivity contribution is 5.30. The van der Waals surface area contributed by atoms with Gasteiger partial charge in [0.15, 0.2) is 0 Å². The van der Waals surface area contributed by atoms with E-state index in [4.69, 9.17) is 0 Å². The van der Waals surface area contributed by atoms with Gasteiger partial charge in [-0.25, -0.2) is 0 Å². The molecule has 0 bridgehead atoms. The molecule has 0 atom stereocenters. The monoisotopic (exact) mass is 218 g/mol. The summed E-state index contributed by atoms with van der Waals surface area (Å²) >= 11 is 0. The lowest BCUT2D eigenvalue weighted by atomic mass is 10.00. The van der Waals surface area contributed by atoms with Crippen molar-refractivity contribution in [3.05, 3.63) is 34.9 Å². The van der Waals surface area contributed by atoms with Crippen LogP contribution in [0.4, 0.5) is 0 Å². The molecule has 1 aromatic carbocycles. The van der Waals surface area contributed by atoms with Crippen molar-refractivity contribution >= 4 is 0 Å². The zero-order valence-electron chi connectivity index (χ0n) is 11.2. The van der Waals surface area contributed by atoms with Crippen LogP contribution in [0.3, 0.4) is 0 Å². The summed E-state index contributed by atoms with van der Waals surface area (Å²) < 4.78 is 0. The molecule has 0 saturated carbocycles. The quantitative estimate of drug-likeness (QED) is 0.551. The van der Waals surface area contributed by atoms with Crippen molar-refractivity contribution in [2.75, 3.05) is 0 Å². The van der Waals surface area contributed by atoms with Crippen molar-refractivity contribution in [3.63, 3.8) is 0 Å². The molecule has 0 aliphatic rings. The third-order valence-corrected chi connectivity index (χ3v) is 3.30. The molecule has 1 rings (SSSR count). The van der Waals surface area contributed by atoms with E-state index in [0.717, 1.165) is 0 Å². The predicted molar refractivity (Wildman–Crippen MR) is 73.0 cm³/mol. The molecule has 0 heterocycles. The number of hydrogen-bond donors (Lipinski definition) is 0. The normalized spacial score (nSPS) is 10.7. The Morgan fingerprint density at radius 3 is 2.25 bits per heavy atom. The SMILES string of the molecule is CCCCCCCCc1ccc(C)cc1C. The summed E-state index contributed by atoms with van der Waals surface area (Å²) in [7, 11) is 0. The number of unbranched alkanes of at least 4 members (excludes halogenated alkanes) is 5. The maximum atomic E-state index is 2.30. The van der Waals surface area contributed by atoms with Gasteiger partial charge in [-0.15, -0.1) is 0 Å². The van der Waals surface area contributed by atoms with Gasteiger partial charge in [0.2, 0.25) is 0 Å². The molecule has 0 heteroatoms. The minimum absolute atomic E-state index is 1.26. The van der Waals surface area contributed by atoms with Gasteiger partial charge in [0.25, 0.3) is 0 Å². The summed E-state index contributed by atoms with van der Waals surface area (Å²) in [5, 5.41) is 0. The Morgan fingerprint density at radius 2 is 1.56 bits per heavy atom. The van der Waals surface area contributed by atoms with E-state index in [2.05, 4.69) is 39.0 Å². The molecule has 1 aromatic rings. The van der Waals surface area contributed by atoms with Crippen LogP contribution in [0.2, 0.25) is 0 Å². The molecule has 0 saturated heterocycles. The van der Waals surface area contributed by atoms with Crippen LogP contribution in [-0.2, 0) is 6.42 Å². The largest absolute Gasteiger partial charge is 0.0654 e. The third-order valence-electron chi connectivity index (χ3n) is 3.30. The lowest BCUT2D eigenvalue weighted by molar-refractivity contribution is 0.607. The number of hydrogen-bond acceptors (Lipinski definition) is 0. The Bertz CT molecular complexity index is 299. The lowest BCUT2D eigenvalue weighted by Crippen LogP contribution is -1.91. The van der Waals surface area contributed by atoms with Crippen molar-refractivity contribution < 1.29 is 0 Å². The van der Waals surface area contributed by atoms with Crippen molar-refractivity contribution in [2.45, 2.75) is 65.7 Å². The topological polar surface area (TPSA) is 0 Å². The van der Waals surface area contributed by atoms with Crippen LogP contribution in [0, 0.1) is 13.8 Å². The number of benzene rings is 1. The smallest absolute Gasteiger partial charge is 0.0276 e. The first-order chi connectivity index (χ1) is 7.74. The van der Waals surface area contributed by atoms with E-state index in [1.165, 1.54) is 56.1 Å². The molecule has 0 N–H and O–H groups in total. The van der Waals surface area contributed by atoms with Crippen molar-refractivity contribution in [1.82, 2.24) is 0 Å². The average molecular weight is 218 g/mol. The van der Waals surface area contributed by atoms with Gasteiger partial charge >= 0.3 is 0 Å². The van der Waals surface area contributed by atoms with Crippen LogP contribution in [0.25, 0.3) is 0 Å². The summed E-state index contributed by atoms with van der Waals surface area (Å²) in [4.78, 5) is 0. The van der Waals surface area contributed by atoms with Crippen LogP contribution >= 0.6 is 0 Å². The van der Waals surface area contributed by atoms with Gasteiger partial charge in [-0.05, 0) is 37.8 Å². The summed E-state index contributed by atoms with van der Waals surface area (Å²) in [5.74, 6) is 0. The van der Waals surface area contributed by atoms with Crippen LogP contribution in [0.5, 0.6) is 0 Å². The summed E-state index contributed by atoms with van der Waals surface area (Å²) in [6.07, 6.45) is 9.60. The molecule has 0 aliphatic heterocycles. The first kappa shape index (κ1) is 13.3. The van der Waals surface area contributed by atoms with E-state index in [-0.39, 0.29) is 0 Å². The molecule has 0 radical (unpaired) electrons. The second-order valence-electron chi connectivity index (χ2n) is 4.95. The molecule has 0 aliphatic carbocycles. The molecule has 0 spiro atoms. The first-order valence-corrected chi connectivity index (χ1v) is 6.80. The Morgan fingerprint density at radius 1 is 0.875 bits per heavy atom. The van der Waals surface area contributed by atoms with Crippen LogP contribution in [0.1, 0.15) is 62.1 Å². The van der Waals surface area contributed by atoms with E-state index >= 15 is 0 Å². The van der Waals surface area contributed by atoms with Crippen molar-refractivity contribution in [3.8, 4) is 0 Å². The Labute approximate surface area is 101 Å². The summed E-state index contributed by atoms with van der Waals surface area (Å²) in [5.41, 5.74) is 4.39. The van der Waals surface area contributed by atoms with E-state index < -0.39 is 0 Å². The predicted octanol–water partition coefficient (Wildman–Crippen LogP) is 5.21. The van der Waals surface area contributed by atoms with Crippen LogP contribution in [-0.4, -0.2) is 0 Å². The Hall–Kier alpha value is -0.780. The zero-order valence-corrected chi connectivity index (χ0v) is 11.2. The van der Waals surface area contributed by atoms with Gasteiger partial charge in [-0.1, -0.05) is 62.8 Å². The maximum absolute atomic E-state index is 2.30. The highest BCUT2D eigenvalue weighted by atomic mass is 14.0. The fourth-order valence-corrected chi connectivity index (χ4v) is 2.22. The second-order valence-corrected chi connectivity index (χ2v) is 4.95. The average Bonchev–Trinajstić information content (AvgIpc) is 2.26. The highest BCUT2D eigenvalue weighted by Gasteiger charge is 1.98. The summed E-state index contributed by atoms with van der Waals surface area (Å²) in [6.45, 7) is 6.68. The van der Waals surface area contributed by atoms with Gasteiger partial charge in [-0.2, -0.15) is 0 Å². The molecule has 90 valence electrons. The van der Waals surface area contributed by atoms with Gasteiger partial charge < -0.3 is 0 Å². The Balaban J connectivity index is 2.21. The molecular formula is C16H26.